The first-order valence-corrected chi connectivity index (χ1v) is 4.21. The van der Waals surface area contributed by atoms with Crippen molar-refractivity contribution in [3.8, 4) is 0 Å². The SMILES string of the molecule is CC1CCC1NC(=O)NNC(N)=O. The molecule has 0 radical (unpaired) electrons. The summed E-state index contributed by atoms with van der Waals surface area (Å²) in [7, 11) is 0. The van der Waals surface area contributed by atoms with Crippen LogP contribution in [0.1, 0.15) is 19.8 Å². The number of carbonyl (C=O) groups is 2. The number of primary amides is 1. The minimum atomic E-state index is -0.781. The monoisotopic (exact) mass is 186 g/mol. The number of hydrogen-bond acceptors (Lipinski definition) is 2. The Bertz CT molecular complexity index is 219. The molecule has 0 heterocycles. The Labute approximate surface area is 76.2 Å². The van der Waals surface area contributed by atoms with Crippen molar-refractivity contribution in [3.05, 3.63) is 0 Å². The summed E-state index contributed by atoms with van der Waals surface area (Å²) in [5.41, 5.74) is 8.87. The molecule has 2 atom stereocenters. The maximum Gasteiger partial charge on any atom is 0.333 e. The lowest BCUT2D eigenvalue weighted by Gasteiger charge is -2.34. The number of rotatable bonds is 1. The van der Waals surface area contributed by atoms with Crippen LogP contribution >= 0.6 is 0 Å². The van der Waals surface area contributed by atoms with Crippen LogP contribution in [0.15, 0.2) is 0 Å². The molecule has 0 aromatic rings. The quantitative estimate of drug-likeness (QED) is 0.422. The molecular weight excluding hydrogens is 172 g/mol. The van der Waals surface area contributed by atoms with Gasteiger partial charge in [-0.15, -0.1) is 0 Å². The van der Waals surface area contributed by atoms with Gasteiger partial charge >= 0.3 is 12.1 Å². The van der Waals surface area contributed by atoms with E-state index < -0.39 is 12.1 Å². The van der Waals surface area contributed by atoms with Crippen LogP contribution in [0, 0.1) is 5.92 Å². The average Bonchev–Trinajstić information content (AvgIpc) is 2.08. The third kappa shape index (κ3) is 2.81. The number of nitrogens with two attached hydrogens (primary N) is 1. The second kappa shape index (κ2) is 3.97. The van der Waals surface area contributed by atoms with Gasteiger partial charge in [0.15, 0.2) is 0 Å². The highest BCUT2D eigenvalue weighted by molar-refractivity contribution is 5.79. The van der Waals surface area contributed by atoms with E-state index in [2.05, 4.69) is 17.7 Å². The van der Waals surface area contributed by atoms with Crippen LogP contribution in [0.2, 0.25) is 0 Å². The molecule has 1 saturated carbocycles. The largest absolute Gasteiger partial charge is 0.350 e. The van der Waals surface area contributed by atoms with E-state index in [1.807, 2.05) is 5.43 Å². The number of hydrogen-bond donors (Lipinski definition) is 4. The van der Waals surface area contributed by atoms with E-state index in [0.717, 1.165) is 12.8 Å². The van der Waals surface area contributed by atoms with Crippen molar-refractivity contribution in [3.63, 3.8) is 0 Å². The number of amides is 4. The Morgan fingerprint density at radius 2 is 2.00 bits per heavy atom. The second-order valence-corrected chi connectivity index (χ2v) is 3.25. The highest BCUT2D eigenvalue weighted by Crippen LogP contribution is 2.25. The normalized spacial score (nSPS) is 25.6. The van der Waals surface area contributed by atoms with Crippen molar-refractivity contribution in [2.24, 2.45) is 11.7 Å². The van der Waals surface area contributed by atoms with E-state index in [1.165, 1.54) is 0 Å². The summed E-state index contributed by atoms with van der Waals surface area (Å²) in [5, 5.41) is 2.70. The van der Waals surface area contributed by atoms with Gasteiger partial charge in [0.05, 0.1) is 0 Å². The molecule has 0 spiro atoms. The Kier molecular flexibility index (Phi) is 2.94. The molecule has 6 nitrogen and oxygen atoms in total. The molecule has 1 aliphatic carbocycles. The van der Waals surface area contributed by atoms with Crippen molar-refractivity contribution in [2.45, 2.75) is 25.8 Å². The molecule has 6 heteroatoms. The minimum Gasteiger partial charge on any atom is -0.350 e. The van der Waals surface area contributed by atoms with Gasteiger partial charge in [-0.2, -0.15) is 0 Å². The predicted molar refractivity (Wildman–Crippen MR) is 46.6 cm³/mol. The van der Waals surface area contributed by atoms with Crippen molar-refractivity contribution < 1.29 is 9.59 Å². The Morgan fingerprint density at radius 1 is 1.31 bits per heavy atom. The molecule has 2 unspecified atom stereocenters. The summed E-state index contributed by atoms with van der Waals surface area (Å²) in [6.45, 7) is 2.07. The maximum atomic E-state index is 11.0. The van der Waals surface area contributed by atoms with Crippen LogP contribution < -0.4 is 21.9 Å². The molecule has 0 aliphatic heterocycles. The van der Waals surface area contributed by atoms with Crippen LogP contribution in [-0.4, -0.2) is 18.1 Å². The molecule has 74 valence electrons. The highest BCUT2D eigenvalue weighted by atomic mass is 16.2. The van der Waals surface area contributed by atoms with Crippen LogP contribution in [-0.2, 0) is 0 Å². The summed E-state index contributed by atoms with van der Waals surface area (Å²) in [5.74, 6) is 0.513. The summed E-state index contributed by atoms with van der Waals surface area (Å²) in [6, 6.07) is -0.984. The third-order valence-electron chi connectivity index (χ3n) is 2.24. The summed E-state index contributed by atoms with van der Waals surface area (Å²) in [6.07, 6.45) is 2.12. The molecule has 0 bridgehead atoms. The summed E-state index contributed by atoms with van der Waals surface area (Å²) < 4.78 is 0. The van der Waals surface area contributed by atoms with Gasteiger partial charge in [-0.1, -0.05) is 6.92 Å². The topological polar surface area (TPSA) is 96.2 Å². The first-order chi connectivity index (χ1) is 6.09. The van der Waals surface area contributed by atoms with Crippen LogP contribution in [0.25, 0.3) is 0 Å². The predicted octanol–water partition coefficient (Wildman–Crippen LogP) is -0.333. The van der Waals surface area contributed by atoms with Gasteiger partial charge in [-0.3, -0.25) is 0 Å². The third-order valence-corrected chi connectivity index (χ3v) is 2.24. The smallest absolute Gasteiger partial charge is 0.333 e. The van der Waals surface area contributed by atoms with E-state index >= 15 is 0 Å². The van der Waals surface area contributed by atoms with Crippen LogP contribution in [0.4, 0.5) is 9.59 Å². The van der Waals surface area contributed by atoms with Crippen LogP contribution in [0.5, 0.6) is 0 Å². The van der Waals surface area contributed by atoms with Gasteiger partial charge in [-0.05, 0) is 18.8 Å². The summed E-state index contributed by atoms with van der Waals surface area (Å²) >= 11 is 0. The van der Waals surface area contributed by atoms with E-state index in [4.69, 9.17) is 5.73 Å². The van der Waals surface area contributed by atoms with Gasteiger partial charge in [0, 0.05) is 6.04 Å². The van der Waals surface area contributed by atoms with Gasteiger partial charge in [0.1, 0.15) is 0 Å². The van der Waals surface area contributed by atoms with E-state index in [-0.39, 0.29) is 6.04 Å². The van der Waals surface area contributed by atoms with Gasteiger partial charge in [0.2, 0.25) is 0 Å². The standard InChI is InChI=1S/C7H14N4O2/c1-4-2-3-5(4)9-7(13)11-10-6(8)12/h4-5H,2-3H2,1H3,(H3,8,10,12)(H2,9,11,13). The number of nitrogens with one attached hydrogen (secondary N) is 3. The van der Waals surface area contributed by atoms with Gasteiger partial charge in [-0.25, -0.2) is 20.4 Å². The van der Waals surface area contributed by atoms with Crippen molar-refractivity contribution in [1.82, 2.24) is 16.2 Å². The molecule has 1 aliphatic rings. The zero-order chi connectivity index (χ0) is 9.84. The van der Waals surface area contributed by atoms with E-state index in [0.29, 0.717) is 5.92 Å². The van der Waals surface area contributed by atoms with Crippen molar-refractivity contribution >= 4 is 12.1 Å². The average molecular weight is 186 g/mol. The first-order valence-electron chi connectivity index (χ1n) is 4.21. The Morgan fingerprint density at radius 3 is 2.38 bits per heavy atom. The molecule has 1 rings (SSSR count). The number of carbonyl (C=O) groups excluding carboxylic acids is 2. The molecule has 0 saturated heterocycles. The molecular formula is C7H14N4O2. The fourth-order valence-corrected chi connectivity index (χ4v) is 1.20. The fraction of sp³-hybridized carbons (Fsp3) is 0.714. The molecule has 5 N–H and O–H groups in total. The van der Waals surface area contributed by atoms with E-state index in [1.54, 1.807) is 0 Å². The lowest BCUT2D eigenvalue weighted by molar-refractivity contribution is 0.199. The fourth-order valence-electron chi connectivity index (χ4n) is 1.20. The zero-order valence-corrected chi connectivity index (χ0v) is 7.46. The molecule has 1 fully saturated rings. The molecule has 4 amide bonds. The number of urea groups is 2. The van der Waals surface area contributed by atoms with Crippen LogP contribution in [0.3, 0.4) is 0 Å². The van der Waals surface area contributed by atoms with Crippen molar-refractivity contribution in [1.29, 1.82) is 0 Å². The number of hydrazine groups is 1. The molecule has 0 aromatic carbocycles. The van der Waals surface area contributed by atoms with Crippen molar-refractivity contribution in [2.75, 3.05) is 0 Å². The first kappa shape index (κ1) is 9.63. The molecule has 0 aromatic heterocycles. The Hall–Kier alpha value is -1.46. The summed E-state index contributed by atoms with van der Waals surface area (Å²) in [4.78, 5) is 21.2. The lowest BCUT2D eigenvalue weighted by atomic mass is 9.81. The Balaban J connectivity index is 2.14. The van der Waals surface area contributed by atoms with Gasteiger partial charge in [0.25, 0.3) is 0 Å². The maximum absolute atomic E-state index is 11.0. The van der Waals surface area contributed by atoms with Gasteiger partial charge < -0.3 is 11.1 Å². The lowest BCUT2D eigenvalue weighted by Crippen LogP contribution is -2.54. The zero-order valence-electron chi connectivity index (χ0n) is 7.46. The second-order valence-electron chi connectivity index (χ2n) is 3.25. The highest BCUT2D eigenvalue weighted by Gasteiger charge is 2.27. The van der Waals surface area contributed by atoms with E-state index in [9.17, 15) is 9.59 Å². The minimum absolute atomic E-state index is 0.217. The molecule has 13 heavy (non-hydrogen) atoms.